The van der Waals surface area contributed by atoms with E-state index in [1.165, 1.54) is 12.1 Å². The van der Waals surface area contributed by atoms with Crippen LogP contribution in [0.25, 0.3) is 0 Å². The van der Waals surface area contributed by atoms with Crippen LogP contribution in [0.4, 0.5) is 5.69 Å². The Morgan fingerprint density at radius 1 is 1.32 bits per heavy atom. The highest BCUT2D eigenvalue weighted by molar-refractivity contribution is 7.62. The highest BCUT2D eigenvalue weighted by Crippen LogP contribution is 2.49. The van der Waals surface area contributed by atoms with Gasteiger partial charge in [-0.1, -0.05) is 11.6 Å². The van der Waals surface area contributed by atoms with Crippen molar-refractivity contribution in [3.05, 3.63) is 22.7 Å². The minimum atomic E-state index is -3.62. The van der Waals surface area contributed by atoms with Gasteiger partial charge >= 0.3 is 7.60 Å². The lowest BCUT2D eigenvalue weighted by molar-refractivity contribution is 0.100. The average molecular weight is 307 g/mol. The van der Waals surface area contributed by atoms with Gasteiger partial charge in [0.05, 0.1) is 29.8 Å². The first-order valence-corrected chi connectivity index (χ1v) is 7.56. The Kier molecular flexibility index (Phi) is 5.38. The Balaban J connectivity index is 3.47. The average Bonchev–Trinajstić information content (AvgIpc) is 2.32. The van der Waals surface area contributed by atoms with E-state index in [2.05, 4.69) is 0 Å². The third kappa shape index (κ3) is 3.48. The molecular weight excluding hydrogens is 291 g/mol. The molecule has 0 unspecified atom stereocenters. The van der Waals surface area contributed by atoms with E-state index in [1.807, 2.05) is 0 Å². The van der Waals surface area contributed by atoms with Gasteiger partial charge in [0.25, 0.3) is 5.91 Å². The number of nitrogen functional groups attached to an aromatic ring is 1. The molecule has 4 N–H and O–H groups in total. The van der Waals surface area contributed by atoms with E-state index in [1.54, 1.807) is 13.8 Å². The molecule has 0 aliphatic carbocycles. The minimum Gasteiger partial charge on any atom is -0.397 e. The van der Waals surface area contributed by atoms with E-state index in [0.29, 0.717) is 0 Å². The fraction of sp³-hybridized carbons (Fsp3) is 0.364. The summed E-state index contributed by atoms with van der Waals surface area (Å²) in [5, 5.41) is 0.232. The number of rotatable bonds is 6. The Labute approximate surface area is 116 Å². The molecule has 0 spiro atoms. The first-order chi connectivity index (χ1) is 8.85. The summed E-state index contributed by atoms with van der Waals surface area (Å²) in [6, 6.07) is 2.67. The molecule has 0 radical (unpaired) electrons. The fourth-order valence-electron chi connectivity index (χ4n) is 1.55. The number of nitrogens with two attached hydrogens (primary N) is 2. The van der Waals surface area contributed by atoms with Crippen LogP contribution in [0.1, 0.15) is 24.2 Å². The number of primary amides is 1. The summed E-state index contributed by atoms with van der Waals surface area (Å²) in [5.74, 6) is -0.763. The largest absolute Gasteiger partial charge is 0.397 e. The van der Waals surface area contributed by atoms with Crippen molar-refractivity contribution in [1.82, 2.24) is 0 Å². The molecule has 1 amide bonds. The van der Waals surface area contributed by atoms with Crippen LogP contribution in [-0.4, -0.2) is 19.1 Å². The molecule has 8 heteroatoms. The molecule has 0 aliphatic rings. The normalized spacial score (nSPS) is 11.5. The van der Waals surface area contributed by atoms with Crippen LogP contribution in [-0.2, 0) is 13.6 Å². The molecule has 19 heavy (non-hydrogen) atoms. The summed E-state index contributed by atoms with van der Waals surface area (Å²) < 4.78 is 23.0. The van der Waals surface area contributed by atoms with Crippen LogP contribution in [0.3, 0.4) is 0 Å². The van der Waals surface area contributed by atoms with Crippen molar-refractivity contribution in [2.24, 2.45) is 5.73 Å². The van der Waals surface area contributed by atoms with Crippen molar-refractivity contribution < 1.29 is 18.4 Å². The van der Waals surface area contributed by atoms with E-state index < -0.39 is 13.5 Å². The van der Waals surface area contributed by atoms with Gasteiger partial charge in [0, 0.05) is 5.02 Å². The van der Waals surface area contributed by atoms with Crippen LogP contribution in [0.2, 0.25) is 5.02 Å². The molecule has 1 aromatic rings. The predicted octanol–water partition coefficient (Wildman–Crippen LogP) is 1.91. The topological polar surface area (TPSA) is 105 Å². The van der Waals surface area contributed by atoms with Crippen molar-refractivity contribution in [3.8, 4) is 0 Å². The van der Waals surface area contributed by atoms with Crippen molar-refractivity contribution in [2.45, 2.75) is 13.8 Å². The van der Waals surface area contributed by atoms with Crippen molar-refractivity contribution in [2.75, 3.05) is 18.9 Å². The third-order valence-electron chi connectivity index (χ3n) is 2.28. The molecule has 1 aromatic carbocycles. The second-order valence-corrected chi connectivity index (χ2v) is 6.01. The summed E-state index contributed by atoms with van der Waals surface area (Å²) in [6.45, 7) is 3.66. The van der Waals surface area contributed by atoms with Crippen molar-refractivity contribution in [3.63, 3.8) is 0 Å². The maximum atomic E-state index is 12.6. The third-order valence-corrected chi connectivity index (χ3v) is 4.66. The van der Waals surface area contributed by atoms with Gasteiger partial charge in [-0.3, -0.25) is 9.36 Å². The minimum absolute atomic E-state index is 0.0119. The number of anilines is 1. The highest BCUT2D eigenvalue weighted by Gasteiger charge is 2.31. The van der Waals surface area contributed by atoms with Crippen LogP contribution in [0, 0.1) is 0 Å². The summed E-state index contributed by atoms with van der Waals surface area (Å²) in [6.07, 6.45) is 0. The number of hydrogen-bond acceptors (Lipinski definition) is 5. The zero-order valence-electron chi connectivity index (χ0n) is 10.7. The van der Waals surface area contributed by atoms with Gasteiger partial charge in [0.1, 0.15) is 0 Å². The van der Waals surface area contributed by atoms with Gasteiger partial charge in [0.2, 0.25) is 0 Å². The Morgan fingerprint density at radius 3 is 2.26 bits per heavy atom. The Hall–Kier alpha value is -1.07. The molecule has 6 nitrogen and oxygen atoms in total. The van der Waals surface area contributed by atoms with Gasteiger partial charge in [-0.05, 0) is 26.0 Å². The van der Waals surface area contributed by atoms with Crippen LogP contribution >= 0.6 is 19.2 Å². The molecule has 0 bridgehead atoms. The van der Waals surface area contributed by atoms with Gasteiger partial charge in [0.15, 0.2) is 0 Å². The first kappa shape index (κ1) is 16.0. The Bertz CT molecular complexity index is 526. The van der Waals surface area contributed by atoms with E-state index >= 15 is 0 Å². The molecular formula is C11H16ClN2O4P. The van der Waals surface area contributed by atoms with Gasteiger partial charge < -0.3 is 20.5 Å². The molecule has 0 aromatic heterocycles. The first-order valence-electron chi connectivity index (χ1n) is 5.64. The number of carbonyl (C=O) groups is 1. The van der Waals surface area contributed by atoms with E-state index in [9.17, 15) is 9.36 Å². The second kappa shape index (κ2) is 6.39. The summed E-state index contributed by atoms with van der Waals surface area (Å²) >= 11 is 5.88. The van der Waals surface area contributed by atoms with Crippen LogP contribution in [0.15, 0.2) is 12.1 Å². The van der Waals surface area contributed by atoms with Crippen LogP contribution in [0.5, 0.6) is 0 Å². The van der Waals surface area contributed by atoms with Gasteiger partial charge in [-0.25, -0.2) is 0 Å². The van der Waals surface area contributed by atoms with E-state index in [-0.39, 0.29) is 34.8 Å². The SMILES string of the molecule is CCOP(=O)(OCC)c1cc(Cl)cc(C(N)=O)c1N. The van der Waals surface area contributed by atoms with Crippen molar-refractivity contribution in [1.29, 1.82) is 0 Å². The maximum Gasteiger partial charge on any atom is 0.363 e. The number of carbonyl (C=O) groups excluding carboxylic acids is 1. The van der Waals surface area contributed by atoms with Crippen LogP contribution < -0.4 is 16.8 Å². The number of benzene rings is 1. The molecule has 0 heterocycles. The summed E-state index contributed by atoms with van der Waals surface area (Å²) in [7, 11) is -3.62. The second-order valence-electron chi connectivity index (χ2n) is 3.58. The molecule has 0 atom stereocenters. The molecule has 0 aliphatic heterocycles. The number of amides is 1. The lowest BCUT2D eigenvalue weighted by Crippen LogP contribution is -2.21. The van der Waals surface area contributed by atoms with Crippen molar-refractivity contribution >= 4 is 36.1 Å². The molecule has 106 valence electrons. The smallest absolute Gasteiger partial charge is 0.363 e. The molecule has 0 fully saturated rings. The highest BCUT2D eigenvalue weighted by atomic mass is 35.5. The zero-order chi connectivity index (χ0) is 14.6. The molecule has 0 saturated carbocycles. The lowest BCUT2D eigenvalue weighted by atomic mass is 10.2. The molecule has 0 saturated heterocycles. The number of halogens is 1. The predicted molar refractivity (Wildman–Crippen MR) is 74.9 cm³/mol. The number of hydrogen-bond donors (Lipinski definition) is 2. The fourth-order valence-corrected chi connectivity index (χ4v) is 3.59. The van der Waals surface area contributed by atoms with Gasteiger partial charge in [-0.15, -0.1) is 0 Å². The van der Waals surface area contributed by atoms with E-state index in [0.717, 1.165) is 0 Å². The Morgan fingerprint density at radius 2 is 1.84 bits per heavy atom. The zero-order valence-corrected chi connectivity index (χ0v) is 12.3. The quantitative estimate of drug-likeness (QED) is 0.617. The monoisotopic (exact) mass is 306 g/mol. The van der Waals surface area contributed by atoms with E-state index in [4.69, 9.17) is 32.1 Å². The summed E-state index contributed by atoms with van der Waals surface area (Å²) in [4.78, 5) is 11.3. The maximum absolute atomic E-state index is 12.6. The standard InChI is InChI=1S/C11H16ClN2O4P/c1-3-17-19(16,18-4-2)9-6-7(12)5-8(10(9)13)11(14)15/h5-6H,3-4,13H2,1-2H3,(H2,14,15). The molecule has 1 rings (SSSR count). The lowest BCUT2D eigenvalue weighted by Gasteiger charge is -2.20. The van der Waals surface area contributed by atoms with Gasteiger partial charge in [-0.2, -0.15) is 0 Å². The summed E-state index contributed by atoms with van der Waals surface area (Å²) in [5.41, 5.74) is 11.0.